The molecule has 18 heavy (non-hydrogen) atoms. The van der Waals surface area contributed by atoms with Crippen LogP contribution in [0.25, 0.3) is 11.1 Å². The Hall–Kier alpha value is -1.96. The number of ketones is 1. The van der Waals surface area contributed by atoms with Crippen molar-refractivity contribution in [2.45, 2.75) is 19.8 Å². The standard InChI is InChI=1S/C16H13FO/c1-10-2-5-13(15(17)8-10)11-3-6-14-12(9-11)4-7-16(14)18/h2-3,5-6,8-9H,4,7H2,1H3. The van der Waals surface area contributed by atoms with E-state index in [4.69, 9.17) is 0 Å². The van der Waals surface area contributed by atoms with Crippen LogP contribution in [0.1, 0.15) is 27.9 Å². The summed E-state index contributed by atoms with van der Waals surface area (Å²) in [4.78, 5) is 11.6. The molecule has 2 heteroatoms. The molecule has 0 N–H and O–H groups in total. The first-order valence-electron chi connectivity index (χ1n) is 6.08. The van der Waals surface area contributed by atoms with Crippen LogP contribution in [0.15, 0.2) is 36.4 Å². The number of rotatable bonds is 1. The molecule has 0 amide bonds. The van der Waals surface area contributed by atoms with E-state index in [0.29, 0.717) is 12.0 Å². The molecule has 0 unspecified atom stereocenters. The Kier molecular flexibility index (Phi) is 2.51. The number of benzene rings is 2. The quantitative estimate of drug-likeness (QED) is 0.738. The highest BCUT2D eigenvalue weighted by Crippen LogP contribution is 2.29. The third-order valence-corrected chi connectivity index (χ3v) is 3.46. The van der Waals surface area contributed by atoms with Crippen LogP contribution in [-0.2, 0) is 6.42 Å². The fourth-order valence-electron chi connectivity index (χ4n) is 2.48. The van der Waals surface area contributed by atoms with Gasteiger partial charge in [0, 0.05) is 17.5 Å². The molecule has 0 fully saturated rings. The number of fused-ring (bicyclic) bond motifs is 1. The van der Waals surface area contributed by atoms with E-state index in [1.165, 1.54) is 6.07 Å². The molecule has 1 aliphatic rings. The number of carbonyl (C=O) groups excluding carboxylic acids is 1. The van der Waals surface area contributed by atoms with Gasteiger partial charge in [-0.05, 0) is 36.1 Å². The molecule has 0 saturated carbocycles. The predicted octanol–water partition coefficient (Wildman–Crippen LogP) is 3.93. The van der Waals surface area contributed by atoms with E-state index in [1.807, 2.05) is 31.2 Å². The van der Waals surface area contributed by atoms with E-state index in [2.05, 4.69) is 0 Å². The molecule has 0 aliphatic heterocycles. The van der Waals surface area contributed by atoms with Crippen LogP contribution in [-0.4, -0.2) is 5.78 Å². The van der Waals surface area contributed by atoms with Gasteiger partial charge in [-0.1, -0.05) is 30.3 Å². The van der Waals surface area contributed by atoms with Gasteiger partial charge in [-0.3, -0.25) is 4.79 Å². The van der Waals surface area contributed by atoms with E-state index >= 15 is 0 Å². The molecule has 0 radical (unpaired) electrons. The van der Waals surface area contributed by atoms with Crippen LogP contribution in [0.2, 0.25) is 0 Å². The van der Waals surface area contributed by atoms with Crippen molar-refractivity contribution in [2.24, 2.45) is 0 Å². The van der Waals surface area contributed by atoms with Crippen LogP contribution in [0.5, 0.6) is 0 Å². The first kappa shape index (κ1) is 11.1. The number of hydrogen-bond donors (Lipinski definition) is 0. The largest absolute Gasteiger partial charge is 0.294 e. The molecule has 2 aromatic carbocycles. The average molecular weight is 240 g/mol. The summed E-state index contributed by atoms with van der Waals surface area (Å²) in [5.41, 5.74) is 4.19. The van der Waals surface area contributed by atoms with Gasteiger partial charge in [0.05, 0.1) is 0 Å². The summed E-state index contributed by atoms with van der Waals surface area (Å²) in [5, 5.41) is 0. The summed E-state index contributed by atoms with van der Waals surface area (Å²) >= 11 is 0. The molecular weight excluding hydrogens is 227 g/mol. The number of halogens is 1. The van der Waals surface area contributed by atoms with E-state index < -0.39 is 0 Å². The number of aryl methyl sites for hydroxylation is 2. The molecule has 0 saturated heterocycles. The Bertz CT molecular complexity index is 644. The van der Waals surface area contributed by atoms with Crippen molar-refractivity contribution in [1.29, 1.82) is 0 Å². The molecule has 1 aliphatic carbocycles. The molecular formula is C16H13FO. The zero-order valence-electron chi connectivity index (χ0n) is 10.2. The van der Waals surface area contributed by atoms with Gasteiger partial charge in [0.25, 0.3) is 0 Å². The lowest BCUT2D eigenvalue weighted by atomic mass is 9.99. The van der Waals surface area contributed by atoms with Crippen LogP contribution in [0.4, 0.5) is 4.39 Å². The maximum atomic E-state index is 13.9. The molecule has 90 valence electrons. The highest BCUT2D eigenvalue weighted by molar-refractivity contribution is 6.00. The van der Waals surface area contributed by atoms with Crippen molar-refractivity contribution in [3.63, 3.8) is 0 Å². The Morgan fingerprint density at radius 2 is 1.78 bits per heavy atom. The normalized spacial score (nSPS) is 13.8. The summed E-state index contributed by atoms with van der Waals surface area (Å²) in [6.45, 7) is 1.87. The Labute approximate surface area is 105 Å². The smallest absolute Gasteiger partial charge is 0.163 e. The minimum absolute atomic E-state index is 0.195. The highest BCUT2D eigenvalue weighted by Gasteiger charge is 2.19. The maximum absolute atomic E-state index is 13.9. The monoisotopic (exact) mass is 240 g/mol. The molecule has 0 spiro atoms. The van der Waals surface area contributed by atoms with Gasteiger partial charge in [0.1, 0.15) is 5.82 Å². The highest BCUT2D eigenvalue weighted by atomic mass is 19.1. The van der Waals surface area contributed by atoms with Crippen molar-refractivity contribution in [3.8, 4) is 11.1 Å². The van der Waals surface area contributed by atoms with Crippen molar-refractivity contribution in [3.05, 3.63) is 58.9 Å². The SMILES string of the molecule is Cc1ccc(-c2ccc3c(c2)CCC3=O)c(F)c1. The van der Waals surface area contributed by atoms with Crippen LogP contribution < -0.4 is 0 Å². The number of hydrogen-bond acceptors (Lipinski definition) is 1. The zero-order chi connectivity index (χ0) is 12.7. The molecule has 0 bridgehead atoms. The summed E-state index contributed by atoms with van der Waals surface area (Å²) in [6.07, 6.45) is 1.35. The van der Waals surface area contributed by atoms with Crippen molar-refractivity contribution < 1.29 is 9.18 Å². The second kappa shape index (κ2) is 4.05. The third kappa shape index (κ3) is 1.74. The summed E-state index contributed by atoms with van der Waals surface area (Å²) < 4.78 is 13.9. The minimum Gasteiger partial charge on any atom is -0.294 e. The van der Waals surface area contributed by atoms with Gasteiger partial charge in [-0.2, -0.15) is 0 Å². The lowest BCUT2D eigenvalue weighted by molar-refractivity contribution is 0.0994. The lowest BCUT2D eigenvalue weighted by Gasteiger charge is -2.06. The van der Waals surface area contributed by atoms with Gasteiger partial charge in [0.2, 0.25) is 0 Å². The van der Waals surface area contributed by atoms with E-state index in [0.717, 1.165) is 28.7 Å². The fraction of sp³-hybridized carbons (Fsp3) is 0.188. The topological polar surface area (TPSA) is 17.1 Å². The Morgan fingerprint density at radius 1 is 1.00 bits per heavy atom. The van der Waals surface area contributed by atoms with Gasteiger partial charge < -0.3 is 0 Å². The fourth-order valence-corrected chi connectivity index (χ4v) is 2.48. The Balaban J connectivity index is 2.10. The summed E-state index contributed by atoms with van der Waals surface area (Å²) in [5.74, 6) is -0.0137. The first-order chi connectivity index (χ1) is 8.65. The molecule has 3 rings (SSSR count). The molecule has 0 atom stereocenters. The van der Waals surface area contributed by atoms with Gasteiger partial charge >= 0.3 is 0 Å². The van der Waals surface area contributed by atoms with Gasteiger partial charge in [-0.25, -0.2) is 4.39 Å². The van der Waals surface area contributed by atoms with Crippen LogP contribution >= 0.6 is 0 Å². The van der Waals surface area contributed by atoms with Crippen molar-refractivity contribution in [1.82, 2.24) is 0 Å². The first-order valence-corrected chi connectivity index (χ1v) is 6.08. The maximum Gasteiger partial charge on any atom is 0.163 e. The van der Waals surface area contributed by atoms with E-state index in [-0.39, 0.29) is 11.6 Å². The van der Waals surface area contributed by atoms with Crippen LogP contribution in [0, 0.1) is 12.7 Å². The molecule has 0 heterocycles. The van der Waals surface area contributed by atoms with Crippen molar-refractivity contribution >= 4 is 5.78 Å². The van der Waals surface area contributed by atoms with E-state index in [1.54, 1.807) is 6.07 Å². The van der Waals surface area contributed by atoms with Gasteiger partial charge in [0.15, 0.2) is 5.78 Å². The average Bonchev–Trinajstić information content (AvgIpc) is 2.71. The number of Topliss-reactive ketones (excluding diaryl/α,β-unsaturated/α-hetero) is 1. The minimum atomic E-state index is -0.209. The molecule has 0 aromatic heterocycles. The zero-order valence-corrected chi connectivity index (χ0v) is 10.2. The number of carbonyl (C=O) groups is 1. The van der Waals surface area contributed by atoms with Crippen molar-refractivity contribution in [2.75, 3.05) is 0 Å². The molecule has 2 aromatic rings. The Morgan fingerprint density at radius 3 is 2.56 bits per heavy atom. The second-order valence-electron chi connectivity index (χ2n) is 4.78. The van der Waals surface area contributed by atoms with E-state index in [9.17, 15) is 9.18 Å². The van der Waals surface area contributed by atoms with Crippen LogP contribution in [0.3, 0.4) is 0 Å². The van der Waals surface area contributed by atoms with Gasteiger partial charge in [-0.15, -0.1) is 0 Å². The summed E-state index contributed by atoms with van der Waals surface area (Å²) in [7, 11) is 0. The second-order valence-corrected chi connectivity index (χ2v) is 4.78. The predicted molar refractivity (Wildman–Crippen MR) is 69.2 cm³/mol. The lowest BCUT2D eigenvalue weighted by Crippen LogP contribution is -1.92. The molecule has 1 nitrogen and oxygen atoms in total. The third-order valence-electron chi connectivity index (χ3n) is 3.46. The summed E-state index contributed by atoms with van der Waals surface area (Å²) in [6, 6.07) is 10.8.